The second kappa shape index (κ2) is 19.4. The van der Waals surface area contributed by atoms with Gasteiger partial charge in [-0.25, -0.2) is 18.0 Å². The number of hydrogen-bond donors (Lipinski definition) is 3. The maximum absolute atomic E-state index is 14.0. The number of nitrogens with zero attached hydrogens (tertiary/aromatic N) is 4. The van der Waals surface area contributed by atoms with Crippen LogP contribution in [-0.2, 0) is 35.6 Å². The Hall–Kier alpha value is -5.00. The van der Waals surface area contributed by atoms with Gasteiger partial charge in [0.1, 0.15) is 22.6 Å². The lowest BCUT2D eigenvalue weighted by molar-refractivity contribution is -0.158. The number of aromatic nitrogens is 1. The van der Waals surface area contributed by atoms with E-state index in [0.29, 0.717) is 55.1 Å². The number of hydrogen-bond acceptors (Lipinski definition) is 10. The van der Waals surface area contributed by atoms with Gasteiger partial charge in [0.2, 0.25) is 21.8 Å². The normalized spacial score (nSPS) is 17.5. The van der Waals surface area contributed by atoms with Crippen LogP contribution in [0.1, 0.15) is 83.1 Å². The average Bonchev–Trinajstić information content (AvgIpc) is 3.53. The zero-order chi connectivity index (χ0) is 43.0. The predicted molar refractivity (Wildman–Crippen MR) is 227 cm³/mol. The molecular weight excluding hydrogens is 795 g/mol. The van der Waals surface area contributed by atoms with Crippen LogP contribution < -0.4 is 16.0 Å². The highest BCUT2D eigenvalue weighted by Gasteiger charge is 2.51. The molecule has 3 aromatic rings. The highest BCUT2D eigenvalue weighted by Crippen LogP contribution is 2.42. The number of pyridine rings is 1. The van der Waals surface area contributed by atoms with Gasteiger partial charge >= 0.3 is 12.0 Å². The zero-order valence-corrected chi connectivity index (χ0v) is 36.2. The molecule has 1 aromatic heterocycles. The summed E-state index contributed by atoms with van der Waals surface area (Å²) in [6, 6.07) is 14.0. The molecule has 3 N–H and O–H groups in total. The van der Waals surface area contributed by atoms with E-state index < -0.39 is 44.3 Å². The molecule has 0 saturated carbocycles. The zero-order valence-electron chi connectivity index (χ0n) is 34.5. The Balaban J connectivity index is 1.17. The summed E-state index contributed by atoms with van der Waals surface area (Å²) >= 11 is 1.32. The van der Waals surface area contributed by atoms with Crippen LogP contribution in [0.15, 0.2) is 78.0 Å². The monoisotopic (exact) mass is 849 g/mol. The van der Waals surface area contributed by atoms with Crippen molar-refractivity contribution >= 4 is 62.9 Å². The lowest BCUT2D eigenvalue weighted by Gasteiger charge is -2.34. The third-order valence-electron chi connectivity index (χ3n) is 9.93. The van der Waals surface area contributed by atoms with Crippen LogP contribution in [0, 0.1) is 0 Å². The topological polar surface area (TPSA) is 187 Å². The number of ether oxygens (including phenoxy) is 1. The number of sulfonamides is 1. The Morgan fingerprint density at radius 3 is 2.14 bits per heavy atom. The number of benzene rings is 2. The van der Waals surface area contributed by atoms with Crippen LogP contribution in [0.2, 0.25) is 0 Å². The van der Waals surface area contributed by atoms with Gasteiger partial charge in [-0.05, 0) is 95.1 Å². The summed E-state index contributed by atoms with van der Waals surface area (Å²) in [5, 5.41) is 8.55. The Morgan fingerprint density at radius 1 is 0.898 bits per heavy atom. The van der Waals surface area contributed by atoms with E-state index in [4.69, 9.17) is 4.74 Å². The van der Waals surface area contributed by atoms with Gasteiger partial charge in [-0.2, -0.15) is 4.31 Å². The summed E-state index contributed by atoms with van der Waals surface area (Å²) in [5.41, 5.74) is 1.45. The number of carbonyl (C=O) groups is 5. The highest BCUT2D eigenvalue weighted by atomic mass is 32.2. The summed E-state index contributed by atoms with van der Waals surface area (Å²) in [4.78, 5) is 73.3. The number of urea groups is 1. The Labute approximate surface area is 351 Å². The van der Waals surface area contributed by atoms with Crippen molar-refractivity contribution in [1.29, 1.82) is 0 Å². The van der Waals surface area contributed by atoms with Crippen LogP contribution in [0.3, 0.4) is 0 Å². The molecule has 318 valence electrons. The van der Waals surface area contributed by atoms with Crippen molar-refractivity contribution in [2.75, 3.05) is 42.7 Å². The van der Waals surface area contributed by atoms with E-state index in [1.807, 2.05) is 0 Å². The van der Waals surface area contributed by atoms with Crippen LogP contribution >= 0.6 is 11.8 Å². The summed E-state index contributed by atoms with van der Waals surface area (Å²) < 4.78 is 33.3. The molecule has 5 rings (SSSR count). The van der Waals surface area contributed by atoms with E-state index in [9.17, 15) is 32.4 Å². The van der Waals surface area contributed by atoms with E-state index in [2.05, 4.69) is 27.9 Å². The molecule has 0 radical (unpaired) electrons. The van der Waals surface area contributed by atoms with Crippen molar-refractivity contribution < 1.29 is 37.1 Å². The molecule has 0 aliphatic carbocycles. The summed E-state index contributed by atoms with van der Waals surface area (Å²) in [6.07, 6.45) is 6.07. The molecule has 2 aliphatic rings. The summed E-state index contributed by atoms with van der Waals surface area (Å²) in [5.74, 6) is -1.47. The van der Waals surface area contributed by atoms with Crippen molar-refractivity contribution in [3.05, 3.63) is 84.2 Å². The van der Waals surface area contributed by atoms with Gasteiger partial charge in [-0.1, -0.05) is 31.9 Å². The Kier molecular flexibility index (Phi) is 14.8. The lowest BCUT2D eigenvalue weighted by atomic mass is 10.0. The second-order valence-electron chi connectivity index (χ2n) is 16.1. The fraction of sp³-hybridized carbons (Fsp3) is 0.476. The van der Waals surface area contributed by atoms with Gasteiger partial charge in [-0.3, -0.25) is 19.4 Å². The van der Waals surface area contributed by atoms with Gasteiger partial charge in [-0.15, -0.1) is 11.8 Å². The highest BCUT2D eigenvalue weighted by molar-refractivity contribution is 8.02. The number of piperazine rings is 1. The van der Waals surface area contributed by atoms with Gasteiger partial charge in [0.25, 0.3) is 5.91 Å². The maximum atomic E-state index is 14.0. The van der Waals surface area contributed by atoms with Crippen molar-refractivity contribution in [3.8, 4) is 0 Å². The number of unbranched alkanes of at least 4 members (excludes halogenated alkanes) is 2. The van der Waals surface area contributed by atoms with Crippen LogP contribution in [-0.4, -0.2) is 112 Å². The third kappa shape index (κ3) is 12.0. The molecule has 15 nitrogen and oxygen atoms in total. The van der Waals surface area contributed by atoms with E-state index in [-0.39, 0.29) is 35.0 Å². The van der Waals surface area contributed by atoms with Crippen LogP contribution in [0.25, 0.3) is 0 Å². The fourth-order valence-corrected chi connectivity index (χ4v) is 9.88. The van der Waals surface area contributed by atoms with Gasteiger partial charge < -0.3 is 30.5 Å². The first-order valence-corrected chi connectivity index (χ1v) is 22.2. The lowest BCUT2D eigenvalue weighted by Crippen LogP contribution is -2.57. The first-order valence-electron chi connectivity index (χ1n) is 19.8. The van der Waals surface area contributed by atoms with E-state index in [0.717, 1.165) is 23.6 Å². The van der Waals surface area contributed by atoms with Crippen LogP contribution in [0.5, 0.6) is 0 Å². The predicted octanol–water partition coefficient (Wildman–Crippen LogP) is 5.50. The minimum Gasteiger partial charge on any atom is -0.458 e. The van der Waals surface area contributed by atoms with Crippen molar-refractivity contribution in [2.24, 2.45) is 0 Å². The molecule has 17 heteroatoms. The Bertz CT molecular complexity index is 2070. The molecule has 3 heterocycles. The fourth-order valence-electron chi connectivity index (χ4n) is 6.75. The summed E-state index contributed by atoms with van der Waals surface area (Å²) in [7, 11) is -4.09. The standard InChI is InChI=1S/C42H55N7O8S2/c1-7-8-9-12-35(50)44-31-19-15-30(16-20-31)38(52)47-22-24-48(25-23-47)40(54)45-32-17-13-29(14-18-32)26-34(39(53)57-41(2,3)4)46-37(51)36-42(5,6)58-28-49(36)59(55,56)33-11-10-21-43-27-33/h10-11,13-21,27,34,36H,7-9,12,22-26,28H2,1-6H3,(H,44,50)(H,45,54)(H,46,51)/t34-,36+/m0/s1. The molecule has 5 amide bonds. The molecule has 2 aliphatic heterocycles. The van der Waals surface area contributed by atoms with E-state index in [1.165, 1.54) is 36.3 Å². The smallest absolute Gasteiger partial charge is 0.329 e. The molecule has 59 heavy (non-hydrogen) atoms. The van der Waals surface area contributed by atoms with Crippen molar-refractivity contribution in [1.82, 2.24) is 24.4 Å². The molecule has 0 unspecified atom stereocenters. The number of nitrogens with one attached hydrogen (secondary N) is 3. The number of anilines is 2. The molecule has 2 aromatic carbocycles. The first-order chi connectivity index (χ1) is 27.9. The Morgan fingerprint density at radius 2 is 1.53 bits per heavy atom. The van der Waals surface area contributed by atoms with Gasteiger partial charge in [0.15, 0.2) is 0 Å². The summed E-state index contributed by atoms with van der Waals surface area (Å²) in [6.45, 7) is 12.2. The SMILES string of the molecule is CCCCCC(=O)Nc1ccc(C(=O)N2CCN(C(=O)Nc3ccc(C[C@H](NC(=O)[C@H]4N(S(=O)(=O)c5cccnc5)CSC4(C)C)C(=O)OC(C)(C)C)cc3)CC2)cc1. The molecule has 0 bridgehead atoms. The van der Waals surface area contributed by atoms with Gasteiger partial charge in [0.05, 0.1) is 5.88 Å². The minimum atomic E-state index is -4.09. The molecular formula is C42H55N7O8S2. The number of rotatable bonds is 14. The largest absolute Gasteiger partial charge is 0.458 e. The number of esters is 1. The average molecular weight is 850 g/mol. The number of amides is 5. The quantitative estimate of drug-likeness (QED) is 0.138. The first kappa shape index (κ1) is 45.1. The maximum Gasteiger partial charge on any atom is 0.329 e. The molecule has 0 spiro atoms. The van der Waals surface area contributed by atoms with E-state index >= 15 is 0 Å². The van der Waals surface area contributed by atoms with E-state index in [1.54, 1.807) is 92.9 Å². The number of thioether (sulfide) groups is 1. The van der Waals surface area contributed by atoms with Crippen molar-refractivity contribution in [3.63, 3.8) is 0 Å². The number of carbonyl (C=O) groups excluding carboxylic acids is 5. The molecule has 2 atom stereocenters. The third-order valence-corrected chi connectivity index (χ3v) is 13.3. The second-order valence-corrected chi connectivity index (χ2v) is 19.6. The molecule has 2 saturated heterocycles. The molecule has 2 fully saturated rings. The van der Waals surface area contributed by atoms with Crippen molar-refractivity contribution in [2.45, 2.75) is 101 Å². The van der Waals surface area contributed by atoms with Crippen LogP contribution in [0.4, 0.5) is 16.2 Å². The minimum absolute atomic E-state index is 0.0384. The van der Waals surface area contributed by atoms with Gasteiger partial charge in [0, 0.05) is 73.1 Å².